The number of ether oxygens (including phenoxy) is 2. The van der Waals surface area contributed by atoms with Gasteiger partial charge in [-0.25, -0.2) is 9.97 Å². The number of alkyl halides is 1. The smallest absolute Gasteiger partial charge is 0.232 e. The Bertz CT molecular complexity index is 1210. The maximum Gasteiger partial charge on any atom is 0.232 e. The lowest BCUT2D eigenvalue weighted by Gasteiger charge is -2.37. The second-order valence-electron chi connectivity index (χ2n) is 8.68. The van der Waals surface area contributed by atoms with Crippen LogP contribution < -0.4 is 9.47 Å². The zero-order chi connectivity index (χ0) is 23.7. The number of halogens is 1. The van der Waals surface area contributed by atoms with Gasteiger partial charge in [0.15, 0.2) is 6.10 Å². The predicted octanol–water partition coefficient (Wildman–Crippen LogP) is 4.23. The number of likely N-dealkylation sites (tertiary alicyclic amines) is 1. The molecule has 7 nitrogen and oxygen atoms in total. The molecule has 2 aromatic carbocycles. The summed E-state index contributed by atoms with van der Waals surface area (Å²) in [5.41, 5.74) is 4.07. The summed E-state index contributed by atoms with van der Waals surface area (Å²) in [5, 5.41) is 20.0. The van der Waals surface area contributed by atoms with Gasteiger partial charge in [0, 0.05) is 42.8 Å². The van der Waals surface area contributed by atoms with Crippen LogP contribution in [0, 0.1) is 5.92 Å². The molecular weight excluding hydrogens is 437 g/mol. The molecule has 3 heterocycles. The minimum Gasteiger partial charge on any atom is -0.508 e. The first-order valence-electron chi connectivity index (χ1n) is 11.2. The van der Waals surface area contributed by atoms with Crippen molar-refractivity contribution in [2.75, 3.05) is 32.9 Å². The number of nitrogens with zero attached hydrogens (tertiary/aromatic N) is 3. The van der Waals surface area contributed by atoms with Crippen molar-refractivity contribution in [3.8, 4) is 23.1 Å². The number of phenols is 2. The summed E-state index contributed by atoms with van der Waals surface area (Å²) >= 11 is 0. The van der Waals surface area contributed by atoms with Crippen LogP contribution in [0.4, 0.5) is 4.39 Å². The van der Waals surface area contributed by atoms with Crippen molar-refractivity contribution in [1.29, 1.82) is 0 Å². The molecular formula is C26H26FN3O4. The molecule has 3 aromatic rings. The number of phenolic OH excluding ortho intramolecular Hbond substituents is 2. The number of fused-ring (bicyclic) bond motifs is 1. The Labute approximate surface area is 197 Å². The molecule has 8 heteroatoms. The molecule has 1 fully saturated rings. The van der Waals surface area contributed by atoms with Crippen LogP contribution in [0.25, 0.3) is 11.1 Å². The van der Waals surface area contributed by atoms with E-state index in [0.29, 0.717) is 23.9 Å². The molecule has 1 unspecified atom stereocenters. The second kappa shape index (κ2) is 9.30. The molecule has 5 rings (SSSR count). The van der Waals surface area contributed by atoms with Crippen LogP contribution in [0.1, 0.15) is 29.8 Å². The van der Waals surface area contributed by atoms with Crippen LogP contribution in [-0.2, 0) is 0 Å². The van der Waals surface area contributed by atoms with Gasteiger partial charge in [0.25, 0.3) is 0 Å². The molecule has 1 aromatic heterocycles. The first kappa shape index (κ1) is 22.2. The van der Waals surface area contributed by atoms with E-state index in [4.69, 9.17) is 9.47 Å². The normalized spacial score (nSPS) is 18.2. The molecule has 34 heavy (non-hydrogen) atoms. The van der Waals surface area contributed by atoms with Gasteiger partial charge in [-0.2, -0.15) is 0 Å². The highest BCUT2D eigenvalue weighted by molar-refractivity contribution is 5.95. The van der Waals surface area contributed by atoms with Crippen molar-refractivity contribution >= 4 is 11.1 Å². The highest BCUT2D eigenvalue weighted by Gasteiger charge is 2.31. The second-order valence-corrected chi connectivity index (χ2v) is 8.68. The number of aromatic hydroxyl groups is 2. The lowest BCUT2D eigenvalue weighted by molar-refractivity contribution is 0.0661. The van der Waals surface area contributed by atoms with E-state index in [-0.39, 0.29) is 24.1 Å². The summed E-state index contributed by atoms with van der Waals surface area (Å²) in [6, 6.07) is 12.0. The fourth-order valence-corrected chi connectivity index (χ4v) is 4.47. The zero-order valence-electron chi connectivity index (χ0n) is 18.8. The van der Waals surface area contributed by atoms with Crippen molar-refractivity contribution in [3.63, 3.8) is 0 Å². The van der Waals surface area contributed by atoms with Gasteiger partial charge in [-0.1, -0.05) is 12.1 Å². The van der Waals surface area contributed by atoms with E-state index in [1.165, 1.54) is 0 Å². The topological polar surface area (TPSA) is 87.9 Å². The molecule has 0 aliphatic carbocycles. The van der Waals surface area contributed by atoms with Gasteiger partial charge in [0.05, 0.1) is 19.1 Å². The van der Waals surface area contributed by atoms with Gasteiger partial charge in [-0.3, -0.25) is 9.29 Å². The number of hydrogen-bond donors (Lipinski definition) is 2. The van der Waals surface area contributed by atoms with Gasteiger partial charge in [0.1, 0.15) is 29.5 Å². The molecule has 1 atom stereocenters. The number of allylic oxidation sites excluding steroid dienone is 1. The van der Waals surface area contributed by atoms with Crippen LogP contribution in [-0.4, -0.2) is 58.0 Å². The average Bonchev–Trinajstić information content (AvgIpc) is 2.80. The van der Waals surface area contributed by atoms with Crippen LogP contribution in [0.5, 0.6) is 23.1 Å². The van der Waals surface area contributed by atoms with Gasteiger partial charge >= 0.3 is 0 Å². The predicted molar refractivity (Wildman–Crippen MR) is 126 cm³/mol. The molecule has 2 aliphatic rings. The Hall–Kier alpha value is -3.65. The molecule has 176 valence electrons. The Kier molecular flexibility index (Phi) is 6.06. The molecule has 0 radical (unpaired) electrons. The SMILES string of the molecule is CC1=C(c2cccc(O)c2)C(c2cnc(OCCN3CC(CF)C3)cn2)Oc2cc(O)ccc21. The summed E-state index contributed by atoms with van der Waals surface area (Å²) < 4.78 is 24.6. The molecule has 0 spiro atoms. The average molecular weight is 464 g/mol. The summed E-state index contributed by atoms with van der Waals surface area (Å²) in [7, 11) is 0. The fourth-order valence-electron chi connectivity index (χ4n) is 4.47. The van der Waals surface area contributed by atoms with E-state index in [2.05, 4.69) is 14.9 Å². The Morgan fingerprint density at radius 3 is 2.65 bits per heavy atom. The first-order valence-corrected chi connectivity index (χ1v) is 11.2. The standard InChI is InChI=1S/C26H26FN3O4/c1-16-21-6-5-20(32)10-23(21)34-26(25(16)18-3-2-4-19(31)9-18)22-12-29-24(13-28-22)33-8-7-30-14-17(11-27)15-30/h2-6,9-10,12-13,17,26,31-32H,7-8,11,14-15H2,1H3. The molecule has 2 aliphatic heterocycles. The van der Waals surface area contributed by atoms with Gasteiger partial charge in [-0.15, -0.1) is 0 Å². The van der Waals surface area contributed by atoms with Crippen molar-refractivity contribution in [3.05, 3.63) is 71.7 Å². The Morgan fingerprint density at radius 2 is 1.91 bits per heavy atom. The highest BCUT2D eigenvalue weighted by atomic mass is 19.1. The van der Waals surface area contributed by atoms with Crippen molar-refractivity contribution in [2.45, 2.75) is 13.0 Å². The van der Waals surface area contributed by atoms with Crippen LogP contribution in [0.2, 0.25) is 0 Å². The van der Waals surface area contributed by atoms with E-state index in [1.54, 1.807) is 42.7 Å². The minimum absolute atomic E-state index is 0.112. The Balaban J connectivity index is 1.38. The van der Waals surface area contributed by atoms with Crippen LogP contribution in [0.15, 0.2) is 54.9 Å². The largest absolute Gasteiger partial charge is 0.508 e. The number of hydrogen-bond acceptors (Lipinski definition) is 7. The van der Waals surface area contributed by atoms with Crippen molar-refractivity contribution in [1.82, 2.24) is 14.9 Å². The van der Waals surface area contributed by atoms with E-state index in [1.807, 2.05) is 19.1 Å². The Morgan fingerprint density at radius 1 is 1.09 bits per heavy atom. The summed E-state index contributed by atoms with van der Waals surface area (Å²) in [6.45, 7) is 4.42. The van der Waals surface area contributed by atoms with Gasteiger partial charge in [-0.05, 0) is 42.3 Å². The number of rotatable bonds is 7. The quantitative estimate of drug-likeness (QED) is 0.542. The lowest BCUT2D eigenvalue weighted by Crippen LogP contribution is -2.49. The van der Waals surface area contributed by atoms with Gasteiger partial charge < -0.3 is 19.7 Å². The third kappa shape index (κ3) is 4.41. The van der Waals surface area contributed by atoms with E-state index >= 15 is 0 Å². The zero-order valence-corrected chi connectivity index (χ0v) is 18.8. The summed E-state index contributed by atoms with van der Waals surface area (Å²) in [6.07, 6.45) is 2.59. The van der Waals surface area contributed by atoms with E-state index < -0.39 is 6.10 Å². The van der Waals surface area contributed by atoms with Crippen molar-refractivity contribution in [2.24, 2.45) is 5.92 Å². The summed E-state index contributed by atoms with van der Waals surface area (Å²) in [4.78, 5) is 11.1. The monoisotopic (exact) mass is 463 g/mol. The summed E-state index contributed by atoms with van der Waals surface area (Å²) in [5.74, 6) is 1.37. The molecule has 0 saturated carbocycles. The first-order chi connectivity index (χ1) is 16.5. The number of benzene rings is 2. The van der Waals surface area contributed by atoms with E-state index in [9.17, 15) is 14.6 Å². The van der Waals surface area contributed by atoms with Crippen LogP contribution in [0.3, 0.4) is 0 Å². The maximum absolute atomic E-state index is 12.6. The third-order valence-electron chi connectivity index (χ3n) is 6.26. The van der Waals surface area contributed by atoms with Crippen LogP contribution >= 0.6 is 0 Å². The molecule has 2 N–H and O–H groups in total. The third-order valence-corrected chi connectivity index (χ3v) is 6.26. The molecule has 0 bridgehead atoms. The maximum atomic E-state index is 12.6. The van der Waals surface area contributed by atoms with Crippen molar-refractivity contribution < 1.29 is 24.1 Å². The molecule has 0 amide bonds. The lowest BCUT2D eigenvalue weighted by atomic mass is 9.88. The molecule has 1 saturated heterocycles. The number of aromatic nitrogens is 2. The fraction of sp³-hybridized carbons (Fsp3) is 0.308. The van der Waals surface area contributed by atoms with Gasteiger partial charge in [0.2, 0.25) is 5.88 Å². The highest BCUT2D eigenvalue weighted by Crippen LogP contribution is 2.47. The van der Waals surface area contributed by atoms with E-state index in [0.717, 1.165) is 41.9 Å². The minimum atomic E-state index is -0.587.